The first-order chi connectivity index (χ1) is 12.1. The number of nitrogens with one attached hydrogen (secondary N) is 1. The molecule has 2 heterocycles. The monoisotopic (exact) mass is 418 g/mol. The zero-order valence-corrected chi connectivity index (χ0v) is 15.8. The smallest absolute Gasteiger partial charge is 0.259 e. The molecule has 0 fully saturated rings. The number of aromatic amines is 1. The maximum absolute atomic E-state index is 12.1. The first-order valence-electron chi connectivity index (χ1n) is 7.40. The fourth-order valence-corrected chi connectivity index (χ4v) is 3.68. The van der Waals surface area contributed by atoms with Crippen LogP contribution in [0.3, 0.4) is 0 Å². The van der Waals surface area contributed by atoms with Crippen LogP contribution in [-0.4, -0.2) is 23.7 Å². The molecule has 0 atom stereocenters. The molecule has 25 heavy (non-hydrogen) atoms. The van der Waals surface area contributed by atoms with Crippen LogP contribution in [0.25, 0.3) is 22.4 Å². The van der Waals surface area contributed by atoms with Crippen molar-refractivity contribution in [3.63, 3.8) is 0 Å². The van der Waals surface area contributed by atoms with Gasteiger partial charge in [0.1, 0.15) is 17.3 Å². The molecule has 3 rings (SSSR count). The minimum Gasteiger partial charge on any atom is -0.493 e. The van der Waals surface area contributed by atoms with E-state index in [4.69, 9.17) is 9.47 Å². The molecule has 0 aliphatic rings. The Bertz CT molecular complexity index is 1010. The van der Waals surface area contributed by atoms with E-state index < -0.39 is 0 Å². The van der Waals surface area contributed by atoms with Crippen molar-refractivity contribution in [2.45, 2.75) is 0 Å². The Balaban J connectivity index is 1.88. The number of thiophene rings is 1. The van der Waals surface area contributed by atoms with Crippen LogP contribution in [0, 0.1) is 0 Å². The summed E-state index contributed by atoms with van der Waals surface area (Å²) in [7, 11) is 1.59. The first-order valence-corrected chi connectivity index (χ1v) is 9.01. The Morgan fingerprint density at radius 1 is 1.32 bits per heavy atom. The summed E-state index contributed by atoms with van der Waals surface area (Å²) in [4.78, 5) is 20.0. The van der Waals surface area contributed by atoms with Gasteiger partial charge in [-0.1, -0.05) is 24.8 Å². The second-order valence-electron chi connectivity index (χ2n) is 5.06. The van der Waals surface area contributed by atoms with Crippen LogP contribution in [0.4, 0.5) is 0 Å². The van der Waals surface area contributed by atoms with E-state index in [2.05, 4.69) is 32.5 Å². The second-order valence-corrected chi connectivity index (χ2v) is 7.47. The van der Waals surface area contributed by atoms with Gasteiger partial charge >= 0.3 is 0 Å². The van der Waals surface area contributed by atoms with Crippen molar-refractivity contribution in [1.82, 2.24) is 9.97 Å². The molecular formula is C18H15BrN2O3S. The molecule has 2 aromatic heterocycles. The molecule has 7 heteroatoms. The lowest BCUT2D eigenvalue weighted by Gasteiger charge is -2.09. The molecule has 0 saturated carbocycles. The van der Waals surface area contributed by atoms with Crippen LogP contribution in [0.5, 0.6) is 11.5 Å². The molecule has 0 amide bonds. The largest absolute Gasteiger partial charge is 0.493 e. The lowest BCUT2D eigenvalue weighted by atomic mass is 10.2. The van der Waals surface area contributed by atoms with Crippen LogP contribution in [0.1, 0.15) is 11.4 Å². The molecule has 3 aromatic rings. The van der Waals surface area contributed by atoms with Gasteiger partial charge in [-0.15, -0.1) is 11.3 Å². The summed E-state index contributed by atoms with van der Waals surface area (Å²) in [6, 6.07) is 7.35. The van der Waals surface area contributed by atoms with Crippen molar-refractivity contribution in [2.24, 2.45) is 0 Å². The summed E-state index contributed by atoms with van der Waals surface area (Å²) in [5, 5.41) is 0.583. The van der Waals surface area contributed by atoms with Crippen molar-refractivity contribution in [1.29, 1.82) is 0 Å². The second kappa shape index (κ2) is 7.67. The molecule has 0 aliphatic carbocycles. The Morgan fingerprint density at radius 3 is 2.92 bits per heavy atom. The molecule has 1 N–H and O–H groups in total. The number of aromatic nitrogens is 2. The average molecular weight is 419 g/mol. The van der Waals surface area contributed by atoms with E-state index in [0.717, 1.165) is 9.35 Å². The summed E-state index contributed by atoms with van der Waals surface area (Å²) in [6.07, 6.45) is 5.29. The Labute approximate surface area is 156 Å². The predicted octanol–water partition coefficient (Wildman–Crippen LogP) is 4.49. The maximum atomic E-state index is 12.1. The van der Waals surface area contributed by atoms with Crippen molar-refractivity contribution >= 4 is 49.6 Å². The van der Waals surface area contributed by atoms with E-state index in [1.165, 1.54) is 11.3 Å². The molecule has 0 radical (unpaired) electrons. The Hall–Kier alpha value is -2.38. The predicted molar refractivity (Wildman–Crippen MR) is 106 cm³/mol. The summed E-state index contributed by atoms with van der Waals surface area (Å²) >= 11 is 4.80. The highest BCUT2D eigenvalue weighted by Crippen LogP contribution is 2.29. The van der Waals surface area contributed by atoms with Crippen molar-refractivity contribution in [3.8, 4) is 11.5 Å². The summed E-state index contributed by atoms with van der Waals surface area (Å²) < 4.78 is 11.8. The SMILES string of the molecule is C=CCOc1ccc(C=Cc2nc3sc(Br)cc3c(=O)[nH]2)cc1OC. The molecule has 0 spiro atoms. The number of benzene rings is 1. The van der Waals surface area contributed by atoms with E-state index >= 15 is 0 Å². The van der Waals surface area contributed by atoms with Crippen LogP contribution >= 0.6 is 27.3 Å². The number of nitrogens with zero attached hydrogens (tertiary/aromatic N) is 1. The molecule has 0 bridgehead atoms. The van der Waals surface area contributed by atoms with Gasteiger partial charge in [0.25, 0.3) is 5.56 Å². The number of methoxy groups -OCH3 is 1. The van der Waals surface area contributed by atoms with E-state index in [1.807, 2.05) is 24.3 Å². The Morgan fingerprint density at radius 2 is 2.16 bits per heavy atom. The fraction of sp³-hybridized carbons (Fsp3) is 0.111. The number of ether oxygens (including phenoxy) is 2. The number of fused-ring (bicyclic) bond motifs is 1. The topological polar surface area (TPSA) is 64.2 Å². The maximum Gasteiger partial charge on any atom is 0.259 e. The highest BCUT2D eigenvalue weighted by Gasteiger charge is 2.07. The minimum absolute atomic E-state index is 0.155. The normalized spacial score (nSPS) is 11.1. The number of halogens is 1. The van der Waals surface area contributed by atoms with Gasteiger partial charge in [0.15, 0.2) is 11.5 Å². The highest BCUT2D eigenvalue weighted by atomic mass is 79.9. The number of H-pyrrole nitrogens is 1. The van der Waals surface area contributed by atoms with Crippen molar-refractivity contribution in [3.05, 3.63) is 62.4 Å². The van der Waals surface area contributed by atoms with E-state index in [-0.39, 0.29) is 5.56 Å². The average Bonchev–Trinajstić information content (AvgIpc) is 2.99. The van der Waals surface area contributed by atoms with Gasteiger partial charge in [-0.3, -0.25) is 4.79 Å². The molecular weight excluding hydrogens is 404 g/mol. The number of hydrogen-bond acceptors (Lipinski definition) is 5. The summed E-state index contributed by atoms with van der Waals surface area (Å²) in [5.74, 6) is 1.77. The van der Waals surface area contributed by atoms with Crippen LogP contribution in [0.15, 0.2) is 45.5 Å². The Kier molecular flexibility index (Phi) is 5.35. The summed E-state index contributed by atoms with van der Waals surface area (Å²) in [5.41, 5.74) is 0.746. The number of hydrogen-bond donors (Lipinski definition) is 1. The molecule has 0 saturated heterocycles. The first kappa shape index (κ1) is 17.4. The van der Waals surface area contributed by atoms with Crippen molar-refractivity contribution in [2.75, 3.05) is 13.7 Å². The van der Waals surface area contributed by atoms with Gasteiger partial charge < -0.3 is 14.5 Å². The van der Waals surface area contributed by atoms with Crippen LogP contribution in [-0.2, 0) is 0 Å². The van der Waals surface area contributed by atoms with Gasteiger partial charge in [0.05, 0.1) is 16.3 Å². The third-order valence-corrected chi connectivity index (χ3v) is 4.90. The van der Waals surface area contributed by atoms with Crippen LogP contribution < -0.4 is 15.0 Å². The number of rotatable bonds is 6. The van der Waals surface area contributed by atoms with E-state index in [0.29, 0.717) is 34.1 Å². The quantitative estimate of drug-likeness (QED) is 0.598. The zero-order chi connectivity index (χ0) is 17.8. The lowest BCUT2D eigenvalue weighted by molar-refractivity contribution is 0.326. The molecule has 5 nitrogen and oxygen atoms in total. The van der Waals surface area contributed by atoms with Gasteiger partial charge in [0, 0.05) is 0 Å². The van der Waals surface area contributed by atoms with Crippen LogP contribution in [0.2, 0.25) is 0 Å². The zero-order valence-electron chi connectivity index (χ0n) is 13.4. The summed E-state index contributed by atoms with van der Waals surface area (Å²) in [6.45, 7) is 4.04. The fourth-order valence-electron chi connectivity index (χ4n) is 2.23. The van der Waals surface area contributed by atoms with Gasteiger partial charge in [-0.05, 0) is 45.8 Å². The van der Waals surface area contributed by atoms with E-state index in [1.54, 1.807) is 25.3 Å². The van der Waals surface area contributed by atoms with Gasteiger partial charge in [-0.25, -0.2) is 4.98 Å². The van der Waals surface area contributed by atoms with Gasteiger partial charge in [0.2, 0.25) is 0 Å². The van der Waals surface area contributed by atoms with E-state index in [9.17, 15) is 4.79 Å². The van der Waals surface area contributed by atoms with Gasteiger partial charge in [-0.2, -0.15) is 0 Å². The molecule has 0 unspecified atom stereocenters. The standard InChI is InChI=1S/C18H15BrN2O3S/c1-3-8-24-13-6-4-11(9-14(13)23-2)5-7-16-20-17(22)12-10-15(19)25-18(12)21-16/h3-7,9-10H,1,8H2,2H3,(H,20,21,22). The molecule has 1 aromatic carbocycles. The third kappa shape index (κ3) is 4.00. The molecule has 128 valence electrons. The third-order valence-electron chi connectivity index (χ3n) is 3.37. The highest BCUT2D eigenvalue weighted by molar-refractivity contribution is 9.11. The van der Waals surface area contributed by atoms with Crippen molar-refractivity contribution < 1.29 is 9.47 Å². The lowest BCUT2D eigenvalue weighted by Crippen LogP contribution is -2.07. The molecule has 0 aliphatic heterocycles. The minimum atomic E-state index is -0.155.